The second-order valence-electron chi connectivity index (χ2n) is 6.68. The highest BCUT2D eigenvalue weighted by Crippen LogP contribution is 2.26. The van der Waals surface area contributed by atoms with Crippen molar-refractivity contribution in [3.63, 3.8) is 0 Å². The van der Waals surface area contributed by atoms with Gasteiger partial charge in [0.05, 0.1) is 25.3 Å². The minimum Gasteiger partial charge on any atom is -0.497 e. The number of aromatic nitrogens is 2. The summed E-state index contributed by atoms with van der Waals surface area (Å²) in [6, 6.07) is 15.4. The number of ether oxygens (including phenoxy) is 2. The maximum Gasteiger partial charge on any atom is 0.323 e. The van der Waals surface area contributed by atoms with E-state index in [2.05, 4.69) is 32.3 Å². The van der Waals surface area contributed by atoms with E-state index in [1.807, 2.05) is 18.2 Å². The Balaban J connectivity index is 1.46. The van der Waals surface area contributed by atoms with Gasteiger partial charge in [0.25, 0.3) is 5.88 Å². The lowest BCUT2D eigenvalue weighted by molar-refractivity contribution is 0.208. The molecule has 0 radical (unpaired) electrons. The molecule has 0 atom stereocenters. The molecule has 1 saturated heterocycles. The summed E-state index contributed by atoms with van der Waals surface area (Å²) in [6.07, 6.45) is 0. The van der Waals surface area contributed by atoms with Crippen molar-refractivity contribution >= 4 is 28.6 Å². The molecule has 8 heteroatoms. The Morgan fingerprint density at radius 3 is 2.38 bits per heavy atom. The van der Waals surface area contributed by atoms with E-state index in [1.54, 1.807) is 30.2 Å². The number of carbonyl (C=O) groups excluding carboxylic acids is 1. The molecular formula is C21H23N5O3. The number of hydrogen-bond donors (Lipinski definition) is 1. The maximum atomic E-state index is 12.8. The van der Waals surface area contributed by atoms with E-state index in [9.17, 15) is 4.79 Å². The molecule has 0 saturated carbocycles. The molecule has 29 heavy (non-hydrogen) atoms. The molecule has 4 rings (SSSR count). The quantitative estimate of drug-likeness (QED) is 0.734. The van der Waals surface area contributed by atoms with Crippen molar-refractivity contribution in [3.05, 3.63) is 48.5 Å². The van der Waals surface area contributed by atoms with Crippen LogP contribution in [-0.4, -0.2) is 61.3 Å². The first-order chi connectivity index (χ1) is 14.2. The lowest BCUT2D eigenvalue weighted by Crippen LogP contribution is -2.50. The third kappa shape index (κ3) is 4.01. The Morgan fingerprint density at radius 1 is 0.931 bits per heavy atom. The standard InChI is InChI=1S/C21H23N5O3/c1-28-16-8-9-17-18(14-16)23-20(29-2)19(22-17)24-21(27)26-12-10-25(11-13-26)15-6-4-3-5-7-15/h3-9,14H,10-13H2,1-2H3,(H,22,24,27). The van der Waals surface area contributed by atoms with Gasteiger partial charge in [-0.05, 0) is 24.3 Å². The van der Waals surface area contributed by atoms with Gasteiger partial charge < -0.3 is 19.3 Å². The molecule has 0 aliphatic carbocycles. The molecule has 0 unspecified atom stereocenters. The molecule has 2 heterocycles. The van der Waals surface area contributed by atoms with E-state index in [-0.39, 0.29) is 11.9 Å². The Labute approximate surface area is 169 Å². The van der Waals surface area contributed by atoms with Gasteiger partial charge in [0.2, 0.25) is 0 Å². The highest BCUT2D eigenvalue weighted by atomic mass is 16.5. The Bertz CT molecular complexity index is 1000. The highest BCUT2D eigenvalue weighted by molar-refractivity contribution is 5.91. The summed E-state index contributed by atoms with van der Waals surface area (Å²) in [7, 11) is 3.10. The molecule has 0 bridgehead atoms. The number of piperazine rings is 1. The molecule has 150 valence electrons. The molecule has 1 aliphatic heterocycles. The molecule has 1 aliphatic rings. The predicted octanol–water partition coefficient (Wildman–Crippen LogP) is 3.00. The van der Waals surface area contributed by atoms with Crippen molar-refractivity contribution < 1.29 is 14.3 Å². The molecule has 2 aromatic carbocycles. The van der Waals surface area contributed by atoms with Crippen LogP contribution in [-0.2, 0) is 0 Å². The van der Waals surface area contributed by atoms with Crippen LogP contribution in [0.4, 0.5) is 16.3 Å². The summed E-state index contributed by atoms with van der Waals surface area (Å²) in [5.41, 5.74) is 2.46. The number of para-hydroxylation sites is 1. The molecule has 8 nitrogen and oxygen atoms in total. The Kier molecular flexibility index (Phi) is 5.33. The van der Waals surface area contributed by atoms with Crippen LogP contribution in [0.5, 0.6) is 11.6 Å². The number of urea groups is 1. The summed E-state index contributed by atoms with van der Waals surface area (Å²) >= 11 is 0. The van der Waals surface area contributed by atoms with Crippen LogP contribution in [0.1, 0.15) is 0 Å². The Morgan fingerprint density at radius 2 is 1.69 bits per heavy atom. The van der Waals surface area contributed by atoms with E-state index in [1.165, 1.54) is 12.8 Å². The minimum absolute atomic E-state index is 0.210. The molecule has 1 N–H and O–H groups in total. The smallest absolute Gasteiger partial charge is 0.323 e. The van der Waals surface area contributed by atoms with E-state index in [4.69, 9.17) is 9.47 Å². The van der Waals surface area contributed by atoms with E-state index < -0.39 is 0 Å². The van der Waals surface area contributed by atoms with Crippen LogP contribution in [0.25, 0.3) is 11.0 Å². The van der Waals surface area contributed by atoms with E-state index in [0.29, 0.717) is 35.7 Å². The fraction of sp³-hybridized carbons (Fsp3) is 0.286. The van der Waals surface area contributed by atoms with Gasteiger partial charge in [0.1, 0.15) is 5.75 Å². The normalized spacial score (nSPS) is 14.0. The third-order valence-corrected chi connectivity index (χ3v) is 4.95. The number of benzene rings is 2. The zero-order valence-electron chi connectivity index (χ0n) is 16.5. The van der Waals surface area contributed by atoms with Gasteiger partial charge in [0.15, 0.2) is 5.82 Å². The first-order valence-electron chi connectivity index (χ1n) is 9.43. The molecule has 1 fully saturated rings. The van der Waals surface area contributed by atoms with Gasteiger partial charge in [-0.25, -0.2) is 14.8 Å². The van der Waals surface area contributed by atoms with Crippen LogP contribution >= 0.6 is 0 Å². The number of nitrogens with zero attached hydrogens (tertiary/aromatic N) is 4. The van der Waals surface area contributed by atoms with Gasteiger partial charge >= 0.3 is 6.03 Å². The van der Waals surface area contributed by atoms with Gasteiger partial charge in [-0.3, -0.25) is 5.32 Å². The van der Waals surface area contributed by atoms with Crippen molar-refractivity contribution in [3.8, 4) is 11.6 Å². The van der Waals surface area contributed by atoms with E-state index in [0.717, 1.165) is 13.1 Å². The number of amides is 2. The lowest BCUT2D eigenvalue weighted by Gasteiger charge is -2.36. The number of hydrogen-bond acceptors (Lipinski definition) is 6. The van der Waals surface area contributed by atoms with Crippen LogP contribution in [0, 0.1) is 0 Å². The number of methoxy groups -OCH3 is 2. The average molecular weight is 393 g/mol. The zero-order chi connectivity index (χ0) is 20.2. The first kappa shape index (κ1) is 18.8. The summed E-state index contributed by atoms with van der Waals surface area (Å²) in [5, 5.41) is 2.85. The van der Waals surface area contributed by atoms with Crippen molar-refractivity contribution in [1.29, 1.82) is 0 Å². The number of carbonyl (C=O) groups is 1. The summed E-state index contributed by atoms with van der Waals surface area (Å²) in [4.78, 5) is 25.8. The van der Waals surface area contributed by atoms with Crippen molar-refractivity contribution in [2.45, 2.75) is 0 Å². The lowest BCUT2D eigenvalue weighted by atomic mass is 10.2. The van der Waals surface area contributed by atoms with Crippen LogP contribution in [0.3, 0.4) is 0 Å². The highest BCUT2D eigenvalue weighted by Gasteiger charge is 2.23. The second-order valence-corrected chi connectivity index (χ2v) is 6.68. The fourth-order valence-electron chi connectivity index (χ4n) is 3.36. The van der Waals surface area contributed by atoms with Crippen molar-refractivity contribution in [2.24, 2.45) is 0 Å². The maximum absolute atomic E-state index is 12.8. The number of anilines is 2. The summed E-state index contributed by atoms with van der Waals surface area (Å²) in [5.74, 6) is 1.25. The molecule has 1 aromatic heterocycles. The van der Waals surface area contributed by atoms with Gasteiger partial charge in [-0.2, -0.15) is 0 Å². The predicted molar refractivity (Wildman–Crippen MR) is 112 cm³/mol. The molecule has 0 spiro atoms. The minimum atomic E-state index is -0.210. The topological polar surface area (TPSA) is 79.8 Å². The fourth-order valence-corrected chi connectivity index (χ4v) is 3.36. The average Bonchev–Trinajstić information content (AvgIpc) is 2.79. The SMILES string of the molecule is COc1ccc2nc(NC(=O)N3CCN(c4ccccc4)CC3)c(OC)nc2c1. The van der Waals surface area contributed by atoms with Crippen molar-refractivity contribution in [2.75, 3.05) is 50.6 Å². The summed E-state index contributed by atoms with van der Waals surface area (Å²) in [6.45, 7) is 2.80. The van der Waals surface area contributed by atoms with Gasteiger partial charge in [-0.15, -0.1) is 0 Å². The zero-order valence-corrected chi connectivity index (χ0v) is 16.5. The number of fused-ring (bicyclic) bond motifs is 1. The van der Waals surface area contributed by atoms with Crippen LogP contribution < -0.4 is 19.7 Å². The van der Waals surface area contributed by atoms with Crippen LogP contribution in [0.15, 0.2) is 48.5 Å². The number of rotatable bonds is 4. The Hall–Kier alpha value is -3.55. The monoisotopic (exact) mass is 393 g/mol. The molecular weight excluding hydrogens is 370 g/mol. The second kappa shape index (κ2) is 8.22. The third-order valence-electron chi connectivity index (χ3n) is 4.95. The van der Waals surface area contributed by atoms with Gasteiger partial charge in [0, 0.05) is 37.9 Å². The largest absolute Gasteiger partial charge is 0.497 e. The number of nitrogens with one attached hydrogen (secondary N) is 1. The summed E-state index contributed by atoms with van der Waals surface area (Å²) < 4.78 is 10.6. The molecule has 3 aromatic rings. The van der Waals surface area contributed by atoms with E-state index >= 15 is 0 Å². The molecule has 2 amide bonds. The van der Waals surface area contributed by atoms with Crippen LogP contribution in [0.2, 0.25) is 0 Å². The van der Waals surface area contributed by atoms with Crippen molar-refractivity contribution in [1.82, 2.24) is 14.9 Å². The van der Waals surface area contributed by atoms with Gasteiger partial charge in [-0.1, -0.05) is 18.2 Å². The first-order valence-corrected chi connectivity index (χ1v) is 9.43.